The zero-order valence-electron chi connectivity index (χ0n) is 11.8. The van der Waals surface area contributed by atoms with Crippen molar-refractivity contribution in [3.8, 4) is 0 Å². The van der Waals surface area contributed by atoms with E-state index in [1.807, 2.05) is 13.8 Å². The summed E-state index contributed by atoms with van der Waals surface area (Å²) in [7, 11) is 0. The Hall–Kier alpha value is -2.03. The van der Waals surface area contributed by atoms with Gasteiger partial charge in [-0.2, -0.15) is 4.98 Å². The maximum Gasteiger partial charge on any atom is 0.321 e. The Balaban J connectivity index is 1.48. The molecule has 1 saturated carbocycles. The summed E-state index contributed by atoms with van der Waals surface area (Å²) in [5.74, 6) is 1.87. The van der Waals surface area contributed by atoms with Gasteiger partial charge in [-0.15, -0.1) is 10.2 Å². The van der Waals surface area contributed by atoms with E-state index in [0.29, 0.717) is 22.9 Å². The summed E-state index contributed by atoms with van der Waals surface area (Å²) < 4.78 is 5.07. The van der Waals surface area contributed by atoms with Crippen molar-refractivity contribution < 1.29 is 9.32 Å². The topological polar surface area (TPSA) is 106 Å². The maximum atomic E-state index is 11.7. The van der Waals surface area contributed by atoms with Crippen molar-refractivity contribution >= 4 is 22.5 Å². The van der Waals surface area contributed by atoms with E-state index >= 15 is 0 Å². The molecule has 2 heterocycles. The highest BCUT2D eigenvalue weighted by Crippen LogP contribution is 2.38. The second-order valence-corrected chi connectivity index (χ2v) is 6.24. The van der Waals surface area contributed by atoms with Crippen LogP contribution in [-0.2, 0) is 6.54 Å². The standard InChI is InChI=1S/C12H16N6O2S/c1-6(2)10-16-17-12(21-10)15-11(19)13-5-8-14-9(18-20-8)7-3-4-7/h6-7H,3-5H2,1-2H3,(H2,13,15,17,19). The van der Waals surface area contributed by atoms with Crippen LogP contribution in [0.25, 0.3) is 0 Å². The van der Waals surface area contributed by atoms with Crippen LogP contribution in [0, 0.1) is 0 Å². The second-order valence-electron chi connectivity index (χ2n) is 5.23. The van der Waals surface area contributed by atoms with E-state index in [4.69, 9.17) is 4.52 Å². The van der Waals surface area contributed by atoms with E-state index in [-0.39, 0.29) is 12.6 Å². The lowest BCUT2D eigenvalue weighted by Gasteiger charge is -2.01. The van der Waals surface area contributed by atoms with Gasteiger partial charge in [0.25, 0.3) is 0 Å². The Morgan fingerprint density at radius 2 is 2.24 bits per heavy atom. The number of nitrogens with one attached hydrogen (secondary N) is 2. The molecule has 21 heavy (non-hydrogen) atoms. The van der Waals surface area contributed by atoms with E-state index in [1.165, 1.54) is 11.3 Å². The second kappa shape index (κ2) is 5.76. The van der Waals surface area contributed by atoms with Crippen molar-refractivity contribution in [2.24, 2.45) is 0 Å². The van der Waals surface area contributed by atoms with Crippen LogP contribution in [0.3, 0.4) is 0 Å². The van der Waals surface area contributed by atoms with Crippen LogP contribution in [0.4, 0.5) is 9.93 Å². The molecule has 0 spiro atoms. The summed E-state index contributed by atoms with van der Waals surface area (Å²) >= 11 is 1.36. The maximum absolute atomic E-state index is 11.7. The van der Waals surface area contributed by atoms with Crippen molar-refractivity contribution in [2.75, 3.05) is 5.32 Å². The molecule has 0 saturated heterocycles. The van der Waals surface area contributed by atoms with Gasteiger partial charge in [0.05, 0.1) is 6.54 Å². The predicted octanol–water partition coefficient (Wildman–Crippen LogP) is 2.24. The third-order valence-corrected chi connectivity index (χ3v) is 4.12. The first-order valence-electron chi connectivity index (χ1n) is 6.82. The summed E-state index contributed by atoms with van der Waals surface area (Å²) in [6.07, 6.45) is 2.23. The molecule has 1 aliphatic rings. The minimum Gasteiger partial charge on any atom is -0.337 e. The van der Waals surface area contributed by atoms with Crippen molar-refractivity contribution in [3.63, 3.8) is 0 Å². The van der Waals surface area contributed by atoms with Crippen molar-refractivity contribution in [1.29, 1.82) is 0 Å². The van der Waals surface area contributed by atoms with Crippen molar-refractivity contribution in [3.05, 3.63) is 16.7 Å². The molecule has 0 bridgehead atoms. The van der Waals surface area contributed by atoms with Crippen LogP contribution in [-0.4, -0.2) is 26.4 Å². The first kappa shape index (κ1) is 13.9. The lowest BCUT2D eigenvalue weighted by molar-refractivity contribution is 0.249. The lowest BCUT2D eigenvalue weighted by Crippen LogP contribution is -2.28. The average molecular weight is 308 g/mol. The molecule has 0 unspecified atom stereocenters. The van der Waals surface area contributed by atoms with Crippen molar-refractivity contribution in [2.45, 2.75) is 45.1 Å². The summed E-state index contributed by atoms with van der Waals surface area (Å²) in [5, 5.41) is 18.4. The van der Waals surface area contributed by atoms with Crippen LogP contribution in [0.2, 0.25) is 0 Å². The number of nitrogens with zero attached hydrogens (tertiary/aromatic N) is 4. The zero-order valence-corrected chi connectivity index (χ0v) is 12.6. The fourth-order valence-corrected chi connectivity index (χ4v) is 2.40. The van der Waals surface area contributed by atoms with E-state index in [9.17, 15) is 4.79 Å². The Morgan fingerprint density at radius 3 is 2.90 bits per heavy atom. The fourth-order valence-electron chi connectivity index (χ4n) is 1.66. The number of carbonyl (C=O) groups is 1. The summed E-state index contributed by atoms with van der Waals surface area (Å²) in [5.41, 5.74) is 0. The van der Waals surface area contributed by atoms with Gasteiger partial charge in [-0.25, -0.2) is 4.79 Å². The third kappa shape index (κ3) is 3.54. The van der Waals surface area contributed by atoms with Gasteiger partial charge >= 0.3 is 6.03 Å². The summed E-state index contributed by atoms with van der Waals surface area (Å²) in [6, 6.07) is -0.368. The first-order valence-corrected chi connectivity index (χ1v) is 7.64. The summed E-state index contributed by atoms with van der Waals surface area (Å²) in [6.45, 7) is 4.25. The quantitative estimate of drug-likeness (QED) is 0.877. The molecule has 0 radical (unpaired) electrons. The monoisotopic (exact) mass is 308 g/mol. The third-order valence-electron chi connectivity index (χ3n) is 2.98. The smallest absolute Gasteiger partial charge is 0.321 e. The Labute approximate surface area is 125 Å². The molecule has 2 N–H and O–H groups in total. The minimum atomic E-state index is -0.368. The highest BCUT2D eigenvalue weighted by atomic mass is 32.1. The van der Waals surface area contributed by atoms with Crippen LogP contribution >= 0.6 is 11.3 Å². The SMILES string of the molecule is CC(C)c1nnc(NC(=O)NCc2nc(C3CC3)no2)s1. The van der Waals surface area contributed by atoms with Crippen LogP contribution in [0.5, 0.6) is 0 Å². The zero-order chi connectivity index (χ0) is 14.8. The first-order chi connectivity index (χ1) is 10.1. The largest absolute Gasteiger partial charge is 0.337 e. The predicted molar refractivity (Wildman–Crippen MR) is 76.1 cm³/mol. The van der Waals surface area contributed by atoms with E-state index < -0.39 is 0 Å². The van der Waals surface area contributed by atoms with Gasteiger partial charge in [0.1, 0.15) is 5.01 Å². The fraction of sp³-hybridized carbons (Fsp3) is 0.583. The highest BCUT2D eigenvalue weighted by molar-refractivity contribution is 7.15. The molecular formula is C12H16N6O2S. The number of urea groups is 1. The molecule has 0 aromatic carbocycles. The lowest BCUT2D eigenvalue weighted by atomic mass is 10.2. The van der Waals surface area contributed by atoms with Gasteiger partial charge < -0.3 is 9.84 Å². The number of amides is 2. The molecule has 3 rings (SSSR count). The molecule has 1 fully saturated rings. The number of rotatable bonds is 5. The average Bonchev–Trinajstić information content (AvgIpc) is 3.00. The highest BCUT2D eigenvalue weighted by Gasteiger charge is 2.28. The van der Waals surface area contributed by atoms with E-state index in [2.05, 4.69) is 31.0 Å². The Kier molecular flexibility index (Phi) is 3.82. The molecule has 8 nitrogen and oxygen atoms in total. The van der Waals surface area contributed by atoms with E-state index in [0.717, 1.165) is 23.7 Å². The molecule has 112 valence electrons. The van der Waals surface area contributed by atoms with Crippen LogP contribution < -0.4 is 10.6 Å². The molecule has 2 amide bonds. The van der Waals surface area contributed by atoms with Gasteiger partial charge in [0.15, 0.2) is 5.82 Å². The number of carbonyl (C=O) groups excluding carboxylic acids is 1. The van der Waals surface area contributed by atoms with Crippen LogP contribution in [0.15, 0.2) is 4.52 Å². The Bertz CT molecular complexity index is 633. The Morgan fingerprint density at radius 1 is 1.43 bits per heavy atom. The van der Waals surface area contributed by atoms with Crippen LogP contribution in [0.1, 0.15) is 55.2 Å². The molecule has 0 atom stereocenters. The molecule has 9 heteroatoms. The number of hydrogen-bond acceptors (Lipinski definition) is 7. The van der Waals surface area contributed by atoms with Gasteiger partial charge in [-0.05, 0) is 12.8 Å². The van der Waals surface area contributed by atoms with Gasteiger partial charge in [0.2, 0.25) is 11.0 Å². The van der Waals surface area contributed by atoms with Gasteiger partial charge in [-0.1, -0.05) is 30.3 Å². The molecular weight excluding hydrogens is 292 g/mol. The van der Waals surface area contributed by atoms with Crippen molar-refractivity contribution in [1.82, 2.24) is 25.7 Å². The minimum absolute atomic E-state index is 0.196. The molecule has 2 aromatic heterocycles. The molecule has 2 aromatic rings. The van der Waals surface area contributed by atoms with Gasteiger partial charge in [-0.3, -0.25) is 5.32 Å². The summed E-state index contributed by atoms with van der Waals surface area (Å²) in [4.78, 5) is 16.0. The van der Waals surface area contributed by atoms with Gasteiger partial charge in [0, 0.05) is 11.8 Å². The molecule has 0 aliphatic heterocycles. The normalized spacial score (nSPS) is 14.4. The molecule has 1 aliphatic carbocycles. The number of aromatic nitrogens is 4. The number of anilines is 1. The number of hydrogen-bond donors (Lipinski definition) is 2. The van der Waals surface area contributed by atoms with E-state index in [1.54, 1.807) is 0 Å².